The van der Waals surface area contributed by atoms with Crippen LogP contribution in [0.5, 0.6) is 0 Å². The Labute approximate surface area is 85.4 Å². The van der Waals surface area contributed by atoms with Gasteiger partial charge in [-0.1, -0.05) is 27.0 Å². The molecule has 0 atom stereocenters. The molecule has 0 aromatic rings. The number of allylic oxidation sites excluding steroid dienone is 2. The normalized spacial score (nSPS) is 9.29. The molecule has 3 heteroatoms. The van der Waals surface area contributed by atoms with Gasteiger partial charge in [0.25, 0.3) is 0 Å². The minimum atomic E-state index is -0.734. The van der Waals surface area contributed by atoms with E-state index in [0.717, 1.165) is 12.8 Å². The lowest BCUT2D eigenvalue weighted by Crippen LogP contribution is -2.06. The van der Waals surface area contributed by atoms with E-state index in [1.165, 1.54) is 0 Å². The Morgan fingerprint density at radius 3 is 1.64 bits per heavy atom. The SMILES string of the molecule is C=C(CCC)OC(=O)OC(=C)CCC. The highest BCUT2D eigenvalue weighted by atomic mass is 16.7. The second-order valence-corrected chi connectivity index (χ2v) is 3.03. The van der Waals surface area contributed by atoms with Gasteiger partial charge < -0.3 is 9.47 Å². The van der Waals surface area contributed by atoms with Crippen LogP contribution in [0.3, 0.4) is 0 Å². The van der Waals surface area contributed by atoms with Gasteiger partial charge in [0.2, 0.25) is 0 Å². The van der Waals surface area contributed by atoms with E-state index in [1.807, 2.05) is 13.8 Å². The van der Waals surface area contributed by atoms with Crippen LogP contribution in [-0.4, -0.2) is 6.16 Å². The van der Waals surface area contributed by atoms with Crippen molar-refractivity contribution in [1.82, 2.24) is 0 Å². The first-order chi connectivity index (χ1) is 6.60. The zero-order valence-corrected chi connectivity index (χ0v) is 8.97. The van der Waals surface area contributed by atoms with Gasteiger partial charge in [-0.3, -0.25) is 0 Å². The maximum absolute atomic E-state index is 11.0. The van der Waals surface area contributed by atoms with Crippen molar-refractivity contribution in [3.05, 3.63) is 24.7 Å². The van der Waals surface area contributed by atoms with E-state index < -0.39 is 6.16 Å². The lowest BCUT2D eigenvalue weighted by Gasteiger charge is -2.07. The number of rotatable bonds is 6. The van der Waals surface area contributed by atoms with Crippen LogP contribution in [0.25, 0.3) is 0 Å². The molecule has 0 rings (SSSR count). The molecule has 0 unspecified atom stereocenters. The Morgan fingerprint density at radius 2 is 1.36 bits per heavy atom. The van der Waals surface area contributed by atoms with Crippen LogP contribution in [0.4, 0.5) is 4.79 Å². The van der Waals surface area contributed by atoms with Crippen molar-refractivity contribution in [2.45, 2.75) is 39.5 Å². The summed E-state index contributed by atoms with van der Waals surface area (Å²) < 4.78 is 9.58. The smallest absolute Gasteiger partial charge is 0.400 e. The largest absolute Gasteiger partial charge is 0.518 e. The van der Waals surface area contributed by atoms with Gasteiger partial charge in [-0.15, -0.1) is 0 Å². The Morgan fingerprint density at radius 1 is 1.00 bits per heavy atom. The highest BCUT2D eigenvalue weighted by molar-refractivity contribution is 5.62. The van der Waals surface area contributed by atoms with Crippen LogP contribution < -0.4 is 0 Å². The second kappa shape index (κ2) is 7.18. The molecule has 0 aromatic heterocycles. The van der Waals surface area contributed by atoms with Crippen LogP contribution in [0.1, 0.15) is 39.5 Å². The van der Waals surface area contributed by atoms with Crippen LogP contribution in [0.2, 0.25) is 0 Å². The number of ether oxygens (including phenoxy) is 2. The van der Waals surface area contributed by atoms with Gasteiger partial charge in [0.1, 0.15) is 11.5 Å². The van der Waals surface area contributed by atoms with E-state index in [4.69, 9.17) is 9.47 Å². The Kier molecular flexibility index (Phi) is 6.54. The van der Waals surface area contributed by atoms with Crippen molar-refractivity contribution in [2.24, 2.45) is 0 Å². The molecule has 0 saturated carbocycles. The molecule has 0 spiro atoms. The summed E-state index contributed by atoms with van der Waals surface area (Å²) in [6.07, 6.45) is 2.37. The first-order valence-electron chi connectivity index (χ1n) is 4.85. The predicted molar refractivity (Wildman–Crippen MR) is 55.7 cm³/mol. The molecular weight excluding hydrogens is 180 g/mol. The van der Waals surface area contributed by atoms with Crippen molar-refractivity contribution in [1.29, 1.82) is 0 Å². The molecule has 0 aromatic carbocycles. The monoisotopic (exact) mass is 198 g/mol. The molecule has 0 saturated heterocycles. The summed E-state index contributed by atoms with van der Waals surface area (Å²) in [6, 6.07) is 0. The summed E-state index contributed by atoms with van der Waals surface area (Å²) >= 11 is 0. The van der Waals surface area contributed by atoms with Gasteiger partial charge in [0.15, 0.2) is 0 Å². The lowest BCUT2D eigenvalue weighted by atomic mass is 10.3. The molecule has 0 radical (unpaired) electrons. The van der Waals surface area contributed by atoms with Crippen molar-refractivity contribution in [2.75, 3.05) is 0 Å². The lowest BCUT2D eigenvalue weighted by molar-refractivity contribution is 0.0978. The third-order valence-electron chi connectivity index (χ3n) is 1.51. The highest BCUT2D eigenvalue weighted by Crippen LogP contribution is 2.09. The first-order valence-corrected chi connectivity index (χ1v) is 4.85. The molecule has 0 aliphatic rings. The molecule has 0 aliphatic heterocycles. The summed E-state index contributed by atoms with van der Waals surface area (Å²) in [4.78, 5) is 11.0. The van der Waals surface area contributed by atoms with Crippen molar-refractivity contribution in [3.8, 4) is 0 Å². The second-order valence-electron chi connectivity index (χ2n) is 3.03. The molecule has 3 nitrogen and oxygen atoms in total. The molecule has 80 valence electrons. The standard InChI is InChI=1S/C11H18O3/c1-5-7-9(3)13-11(12)14-10(4)8-6-2/h3-8H2,1-2H3. The van der Waals surface area contributed by atoms with Gasteiger partial charge in [-0.25, -0.2) is 4.79 Å². The zero-order chi connectivity index (χ0) is 11.0. The van der Waals surface area contributed by atoms with Crippen LogP contribution in [0, 0.1) is 0 Å². The van der Waals surface area contributed by atoms with E-state index in [1.54, 1.807) is 0 Å². The Balaban J connectivity index is 3.75. The topological polar surface area (TPSA) is 35.5 Å². The van der Waals surface area contributed by atoms with Crippen LogP contribution in [-0.2, 0) is 9.47 Å². The number of carbonyl (C=O) groups excluding carboxylic acids is 1. The first kappa shape index (κ1) is 12.8. The fourth-order valence-corrected chi connectivity index (χ4v) is 0.916. The van der Waals surface area contributed by atoms with E-state index >= 15 is 0 Å². The molecule has 0 bridgehead atoms. The fraction of sp³-hybridized carbons (Fsp3) is 0.545. The molecule has 0 fully saturated rings. The van der Waals surface area contributed by atoms with Gasteiger partial charge in [-0.2, -0.15) is 0 Å². The molecular formula is C11H18O3. The van der Waals surface area contributed by atoms with Gasteiger partial charge in [0.05, 0.1) is 0 Å². The predicted octanol–water partition coefficient (Wildman–Crippen LogP) is 3.77. The van der Waals surface area contributed by atoms with Crippen molar-refractivity contribution >= 4 is 6.16 Å². The third-order valence-corrected chi connectivity index (χ3v) is 1.51. The fourth-order valence-electron chi connectivity index (χ4n) is 0.916. The molecule has 0 heterocycles. The minimum absolute atomic E-state index is 0.432. The Hall–Kier alpha value is -1.25. The maximum Gasteiger partial charge on any atom is 0.518 e. The van der Waals surface area contributed by atoms with Crippen molar-refractivity contribution < 1.29 is 14.3 Å². The number of carbonyl (C=O) groups is 1. The van der Waals surface area contributed by atoms with E-state index in [0.29, 0.717) is 24.4 Å². The maximum atomic E-state index is 11.0. The van der Waals surface area contributed by atoms with Gasteiger partial charge in [-0.05, 0) is 12.8 Å². The summed E-state index contributed by atoms with van der Waals surface area (Å²) in [5.74, 6) is 0.864. The summed E-state index contributed by atoms with van der Waals surface area (Å²) in [7, 11) is 0. The van der Waals surface area contributed by atoms with E-state index in [-0.39, 0.29) is 0 Å². The molecule has 0 N–H and O–H groups in total. The summed E-state index contributed by atoms with van der Waals surface area (Å²) in [5.41, 5.74) is 0. The summed E-state index contributed by atoms with van der Waals surface area (Å²) in [5, 5.41) is 0. The average Bonchev–Trinajstić information content (AvgIpc) is 2.03. The van der Waals surface area contributed by atoms with Gasteiger partial charge in [0, 0.05) is 12.8 Å². The molecule has 0 amide bonds. The minimum Gasteiger partial charge on any atom is -0.400 e. The van der Waals surface area contributed by atoms with Crippen LogP contribution in [0.15, 0.2) is 24.7 Å². The number of hydrogen-bond acceptors (Lipinski definition) is 3. The summed E-state index contributed by atoms with van der Waals surface area (Å²) in [6.45, 7) is 11.1. The van der Waals surface area contributed by atoms with Crippen molar-refractivity contribution in [3.63, 3.8) is 0 Å². The average molecular weight is 198 g/mol. The van der Waals surface area contributed by atoms with E-state index in [9.17, 15) is 4.79 Å². The number of hydrogen-bond donors (Lipinski definition) is 0. The molecule has 14 heavy (non-hydrogen) atoms. The van der Waals surface area contributed by atoms with Crippen LogP contribution >= 0.6 is 0 Å². The Bertz CT molecular complexity index is 197. The van der Waals surface area contributed by atoms with Gasteiger partial charge >= 0.3 is 6.16 Å². The molecule has 0 aliphatic carbocycles. The zero-order valence-electron chi connectivity index (χ0n) is 8.97. The highest BCUT2D eigenvalue weighted by Gasteiger charge is 2.07. The van der Waals surface area contributed by atoms with E-state index in [2.05, 4.69) is 13.2 Å². The third kappa shape index (κ3) is 6.29. The quantitative estimate of drug-likeness (QED) is 0.481.